The average molecular weight is 243 g/mol. The first-order valence-electron chi connectivity index (χ1n) is 3.22. The fraction of sp³-hybridized carbons (Fsp3) is 0.167. The van der Waals surface area contributed by atoms with E-state index in [0.29, 0.717) is 0 Å². The van der Waals surface area contributed by atoms with Gasteiger partial charge in [0.15, 0.2) is 5.02 Å². The van der Waals surface area contributed by atoms with Crippen LogP contribution in [-0.2, 0) is 0 Å². The zero-order valence-electron chi connectivity index (χ0n) is 6.38. The highest BCUT2D eigenvalue weighted by atomic mass is 35.5. The quantitative estimate of drug-likeness (QED) is 0.591. The fourth-order valence-electron chi connectivity index (χ4n) is 0.736. The van der Waals surface area contributed by atoms with Gasteiger partial charge in [0.2, 0.25) is 5.69 Å². The first-order valence-corrected chi connectivity index (χ1v) is 3.97. The Bertz CT molecular complexity index is 386. The molecule has 1 aromatic heterocycles. The maximum absolute atomic E-state index is 12.1. The Morgan fingerprint density at radius 1 is 1.50 bits per heavy atom. The molecule has 0 spiro atoms. The lowest BCUT2D eigenvalue weighted by Crippen LogP contribution is -1.98. The standard InChI is InChI=1S/C6H2Cl2F2N2O2/c7-2-1-3(5(9)10)11-6(4(2)8)12(13)14/h1,5H. The van der Waals surface area contributed by atoms with Gasteiger partial charge in [-0.05, 0) is 9.91 Å². The SMILES string of the molecule is O=[N+]([O-])c1nc(C(F)F)cc(Cl)c1Cl. The number of hydrogen-bond acceptors (Lipinski definition) is 3. The van der Waals surface area contributed by atoms with Crippen molar-refractivity contribution in [3.8, 4) is 0 Å². The number of aromatic nitrogens is 1. The lowest BCUT2D eigenvalue weighted by atomic mass is 10.3. The van der Waals surface area contributed by atoms with Crippen LogP contribution in [0.5, 0.6) is 0 Å². The molecule has 0 saturated heterocycles. The van der Waals surface area contributed by atoms with Crippen molar-refractivity contribution in [2.24, 2.45) is 0 Å². The molecule has 1 aromatic rings. The third kappa shape index (κ3) is 2.08. The molecule has 0 radical (unpaired) electrons. The van der Waals surface area contributed by atoms with Crippen molar-refractivity contribution in [3.05, 3.63) is 31.9 Å². The largest absolute Gasteiger partial charge is 0.384 e. The van der Waals surface area contributed by atoms with E-state index in [9.17, 15) is 18.9 Å². The van der Waals surface area contributed by atoms with Gasteiger partial charge in [-0.25, -0.2) is 8.78 Å². The van der Waals surface area contributed by atoms with Crippen LogP contribution < -0.4 is 0 Å². The normalized spacial score (nSPS) is 10.6. The van der Waals surface area contributed by atoms with Crippen LogP contribution in [0.15, 0.2) is 6.07 Å². The monoisotopic (exact) mass is 242 g/mol. The van der Waals surface area contributed by atoms with Crippen LogP contribution in [0.2, 0.25) is 10.0 Å². The molecule has 8 heteroatoms. The molecule has 0 aromatic carbocycles. The van der Waals surface area contributed by atoms with E-state index in [2.05, 4.69) is 4.98 Å². The zero-order chi connectivity index (χ0) is 10.9. The van der Waals surface area contributed by atoms with Gasteiger partial charge in [0, 0.05) is 6.07 Å². The number of rotatable bonds is 2. The second-order valence-corrected chi connectivity index (χ2v) is 3.01. The van der Waals surface area contributed by atoms with E-state index in [1.54, 1.807) is 0 Å². The van der Waals surface area contributed by atoms with E-state index >= 15 is 0 Å². The molecule has 1 heterocycles. The van der Waals surface area contributed by atoms with E-state index in [-0.39, 0.29) is 5.02 Å². The van der Waals surface area contributed by atoms with Crippen molar-refractivity contribution < 1.29 is 13.7 Å². The summed E-state index contributed by atoms with van der Waals surface area (Å²) in [6.45, 7) is 0. The summed E-state index contributed by atoms with van der Waals surface area (Å²) in [6.07, 6.45) is -2.93. The second kappa shape index (κ2) is 4.02. The smallest absolute Gasteiger partial charge is 0.358 e. The molecule has 76 valence electrons. The van der Waals surface area contributed by atoms with Crippen LogP contribution in [0, 0.1) is 10.1 Å². The van der Waals surface area contributed by atoms with Crippen molar-refractivity contribution in [1.29, 1.82) is 0 Å². The molecule has 1 rings (SSSR count). The van der Waals surface area contributed by atoms with E-state index in [1.165, 1.54) is 0 Å². The van der Waals surface area contributed by atoms with Gasteiger partial charge in [0.25, 0.3) is 0 Å². The number of alkyl halides is 2. The third-order valence-electron chi connectivity index (χ3n) is 1.31. The Labute approximate surface area is 86.6 Å². The van der Waals surface area contributed by atoms with Gasteiger partial charge < -0.3 is 10.1 Å². The van der Waals surface area contributed by atoms with Crippen LogP contribution in [0.4, 0.5) is 14.6 Å². The first-order chi connectivity index (χ1) is 6.43. The maximum atomic E-state index is 12.1. The molecular formula is C6H2Cl2F2N2O2. The Morgan fingerprint density at radius 3 is 2.50 bits per heavy atom. The van der Waals surface area contributed by atoms with Crippen LogP contribution in [0.25, 0.3) is 0 Å². The topological polar surface area (TPSA) is 56.0 Å². The van der Waals surface area contributed by atoms with Gasteiger partial charge in [-0.3, -0.25) is 0 Å². The summed E-state index contributed by atoms with van der Waals surface area (Å²) in [5.74, 6) is -0.866. The van der Waals surface area contributed by atoms with Crippen molar-refractivity contribution in [1.82, 2.24) is 4.98 Å². The number of nitrogens with zero attached hydrogens (tertiary/aromatic N) is 2. The highest BCUT2D eigenvalue weighted by Crippen LogP contribution is 2.33. The van der Waals surface area contributed by atoms with Gasteiger partial charge in [-0.2, -0.15) is 0 Å². The summed E-state index contributed by atoms with van der Waals surface area (Å²) in [5, 5.41) is 9.54. The summed E-state index contributed by atoms with van der Waals surface area (Å²) in [5.41, 5.74) is -0.772. The Kier molecular flexibility index (Phi) is 3.17. The van der Waals surface area contributed by atoms with Crippen molar-refractivity contribution in [2.45, 2.75) is 6.43 Å². The summed E-state index contributed by atoms with van der Waals surface area (Å²) in [6, 6.07) is 0.793. The Hall–Kier alpha value is -1.01. The summed E-state index contributed by atoms with van der Waals surface area (Å²) in [7, 11) is 0. The number of halogens is 4. The third-order valence-corrected chi connectivity index (χ3v) is 2.08. The molecule has 0 unspecified atom stereocenters. The predicted octanol–water partition coefficient (Wildman–Crippen LogP) is 3.23. The summed E-state index contributed by atoms with van der Waals surface area (Å²) < 4.78 is 24.3. The molecule has 0 atom stereocenters. The van der Waals surface area contributed by atoms with Crippen LogP contribution in [-0.4, -0.2) is 9.91 Å². The molecule has 0 bridgehead atoms. The molecular weight excluding hydrogens is 241 g/mol. The molecule has 0 aliphatic rings. The first kappa shape index (κ1) is 11.1. The Morgan fingerprint density at radius 2 is 2.07 bits per heavy atom. The van der Waals surface area contributed by atoms with E-state index in [1.807, 2.05) is 0 Å². The van der Waals surface area contributed by atoms with Crippen molar-refractivity contribution >= 4 is 29.0 Å². The van der Waals surface area contributed by atoms with E-state index in [0.717, 1.165) is 6.07 Å². The second-order valence-electron chi connectivity index (χ2n) is 2.22. The lowest BCUT2D eigenvalue weighted by Gasteiger charge is -1.99. The molecule has 0 saturated carbocycles. The number of nitro groups is 1. The molecule has 0 amide bonds. The number of hydrogen-bond donors (Lipinski definition) is 0. The van der Waals surface area contributed by atoms with Crippen LogP contribution in [0.3, 0.4) is 0 Å². The van der Waals surface area contributed by atoms with E-state index < -0.39 is 27.9 Å². The Balaban J connectivity index is 3.35. The van der Waals surface area contributed by atoms with Gasteiger partial charge in [-0.15, -0.1) is 0 Å². The zero-order valence-corrected chi connectivity index (χ0v) is 7.89. The van der Waals surface area contributed by atoms with Crippen LogP contribution in [0.1, 0.15) is 12.1 Å². The van der Waals surface area contributed by atoms with Crippen molar-refractivity contribution in [3.63, 3.8) is 0 Å². The number of pyridine rings is 1. The fourth-order valence-corrected chi connectivity index (χ4v) is 1.10. The predicted molar refractivity (Wildman–Crippen MR) is 45.9 cm³/mol. The van der Waals surface area contributed by atoms with Crippen LogP contribution >= 0.6 is 23.2 Å². The lowest BCUT2D eigenvalue weighted by molar-refractivity contribution is -0.389. The molecule has 0 aliphatic heterocycles. The van der Waals surface area contributed by atoms with Gasteiger partial charge >= 0.3 is 12.2 Å². The molecule has 14 heavy (non-hydrogen) atoms. The maximum Gasteiger partial charge on any atom is 0.384 e. The molecule has 0 aliphatic carbocycles. The highest BCUT2D eigenvalue weighted by Gasteiger charge is 2.24. The highest BCUT2D eigenvalue weighted by molar-refractivity contribution is 6.43. The van der Waals surface area contributed by atoms with E-state index in [4.69, 9.17) is 23.2 Å². The summed E-state index contributed by atoms with van der Waals surface area (Å²) in [4.78, 5) is 12.4. The molecule has 4 nitrogen and oxygen atoms in total. The average Bonchev–Trinajstić information content (AvgIpc) is 2.08. The van der Waals surface area contributed by atoms with Crippen molar-refractivity contribution in [2.75, 3.05) is 0 Å². The minimum atomic E-state index is -2.93. The molecule has 0 N–H and O–H groups in total. The molecule has 0 fully saturated rings. The van der Waals surface area contributed by atoms with Gasteiger partial charge in [0.1, 0.15) is 0 Å². The summed E-state index contributed by atoms with van der Waals surface area (Å²) >= 11 is 10.8. The van der Waals surface area contributed by atoms with Gasteiger partial charge in [-0.1, -0.05) is 23.2 Å². The van der Waals surface area contributed by atoms with Gasteiger partial charge in [0.05, 0.1) is 5.02 Å². The minimum Gasteiger partial charge on any atom is -0.358 e. The minimum absolute atomic E-state index is 0.316.